The standard InChI is InChI=1S/C16H22Cl2N2O/c1-11(14-10-13(17)6-7-15(14)18)19-12(2)16(21)20-8-4-3-5-9-20/h6-7,10-12,19H,3-5,8-9H2,1-2H3. The zero-order chi connectivity index (χ0) is 15.4. The maximum atomic E-state index is 12.4. The van der Waals surface area contributed by atoms with E-state index in [2.05, 4.69) is 5.32 Å². The van der Waals surface area contributed by atoms with Gasteiger partial charge in [0.1, 0.15) is 0 Å². The van der Waals surface area contributed by atoms with Gasteiger partial charge in [-0.15, -0.1) is 0 Å². The van der Waals surface area contributed by atoms with Gasteiger partial charge in [-0.2, -0.15) is 0 Å². The molecular weight excluding hydrogens is 307 g/mol. The van der Waals surface area contributed by atoms with Gasteiger partial charge in [0.25, 0.3) is 0 Å². The summed E-state index contributed by atoms with van der Waals surface area (Å²) in [5.74, 6) is 0.166. The lowest BCUT2D eigenvalue weighted by molar-refractivity contribution is -0.134. The molecule has 0 bridgehead atoms. The van der Waals surface area contributed by atoms with Crippen molar-refractivity contribution in [3.05, 3.63) is 33.8 Å². The van der Waals surface area contributed by atoms with Crippen molar-refractivity contribution in [2.45, 2.75) is 45.2 Å². The van der Waals surface area contributed by atoms with E-state index in [1.807, 2.05) is 24.8 Å². The van der Waals surface area contributed by atoms with Crippen molar-refractivity contribution in [1.29, 1.82) is 0 Å². The lowest BCUT2D eigenvalue weighted by Gasteiger charge is -2.30. The third kappa shape index (κ3) is 4.35. The molecule has 1 amide bonds. The predicted molar refractivity (Wildman–Crippen MR) is 87.9 cm³/mol. The van der Waals surface area contributed by atoms with Crippen LogP contribution in [0, 0.1) is 0 Å². The Bertz CT molecular complexity index is 501. The molecule has 0 spiro atoms. The number of nitrogens with one attached hydrogen (secondary N) is 1. The third-order valence-corrected chi connectivity index (χ3v) is 4.54. The Balaban J connectivity index is 1.99. The van der Waals surface area contributed by atoms with Gasteiger partial charge in [0.05, 0.1) is 6.04 Å². The highest BCUT2D eigenvalue weighted by Crippen LogP contribution is 2.26. The van der Waals surface area contributed by atoms with Crippen LogP contribution in [0.4, 0.5) is 0 Å². The molecule has 1 aromatic rings. The first kappa shape index (κ1) is 16.6. The highest BCUT2D eigenvalue weighted by atomic mass is 35.5. The summed E-state index contributed by atoms with van der Waals surface area (Å²) >= 11 is 12.2. The molecule has 2 unspecified atom stereocenters. The number of amides is 1. The predicted octanol–water partition coefficient (Wildman–Crippen LogP) is 4.05. The first-order chi connectivity index (χ1) is 9.99. The molecule has 1 saturated heterocycles. The SMILES string of the molecule is CC(NC(C)c1cc(Cl)ccc1Cl)C(=O)N1CCCCC1. The Labute approximate surface area is 136 Å². The van der Waals surface area contributed by atoms with Crippen molar-refractivity contribution in [3.63, 3.8) is 0 Å². The Kier molecular flexibility index (Phi) is 5.91. The smallest absolute Gasteiger partial charge is 0.239 e. The number of piperidine rings is 1. The second kappa shape index (κ2) is 7.48. The summed E-state index contributed by atoms with van der Waals surface area (Å²) in [6.07, 6.45) is 3.43. The molecule has 5 heteroatoms. The minimum Gasteiger partial charge on any atom is -0.341 e. The molecular formula is C16H22Cl2N2O. The Morgan fingerprint density at radius 3 is 2.52 bits per heavy atom. The molecule has 1 N–H and O–H groups in total. The number of hydrogen-bond acceptors (Lipinski definition) is 2. The summed E-state index contributed by atoms with van der Waals surface area (Å²) in [6.45, 7) is 5.65. The maximum Gasteiger partial charge on any atom is 0.239 e. The number of carbonyl (C=O) groups is 1. The zero-order valence-electron chi connectivity index (χ0n) is 12.5. The molecule has 0 aromatic heterocycles. The van der Waals surface area contributed by atoms with Crippen LogP contribution in [-0.4, -0.2) is 29.9 Å². The molecule has 0 saturated carbocycles. The monoisotopic (exact) mass is 328 g/mol. The van der Waals surface area contributed by atoms with E-state index in [0.717, 1.165) is 31.5 Å². The lowest BCUT2D eigenvalue weighted by atomic mass is 10.1. The normalized spacial score (nSPS) is 18.4. The van der Waals surface area contributed by atoms with E-state index < -0.39 is 0 Å². The first-order valence-corrected chi connectivity index (χ1v) is 8.24. The third-order valence-electron chi connectivity index (χ3n) is 3.96. The van der Waals surface area contributed by atoms with Gasteiger partial charge in [0, 0.05) is 29.2 Å². The molecule has 116 valence electrons. The number of benzene rings is 1. The van der Waals surface area contributed by atoms with E-state index in [1.165, 1.54) is 6.42 Å². The van der Waals surface area contributed by atoms with Crippen LogP contribution in [0.2, 0.25) is 10.0 Å². The Hall–Kier alpha value is -0.770. The van der Waals surface area contributed by atoms with Gasteiger partial charge in [-0.3, -0.25) is 10.1 Å². The summed E-state index contributed by atoms with van der Waals surface area (Å²) in [7, 11) is 0. The first-order valence-electron chi connectivity index (χ1n) is 7.49. The molecule has 21 heavy (non-hydrogen) atoms. The number of carbonyl (C=O) groups excluding carboxylic acids is 1. The molecule has 0 radical (unpaired) electrons. The van der Waals surface area contributed by atoms with Gasteiger partial charge < -0.3 is 4.90 Å². The summed E-state index contributed by atoms with van der Waals surface area (Å²) in [5.41, 5.74) is 0.919. The van der Waals surface area contributed by atoms with Gasteiger partial charge in [0.15, 0.2) is 0 Å². The molecule has 1 aliphatic rings. The van der Waals surface area contributed by atoms with Crippen LogP contribution in [0.1, 0.15) is 44.7 Å². The minimum absolute atomic E-state index is 0.0278. The van der Waals surface area contributed by atoms with Crippen LogP contribution in [-0.2, 0) is 4.79 Å². The van der Waals surface area contributed by atoms with Crippen LogP contribution in [0.3, 0.4) is 0 Å². The molecule has 1 fully saturated rings. The number of rotatable bonds is 4. The van der Waals surface area contributed by atoms with Crippen LogP contribution >= 0.6 is 23.2 Å². The highest BCUT2D eigenvalue weighted by Gasteiger charge is 2.24. The fourth-order valence-electron chi connectivity index (χ4n) is 2.77. The second-order valence-corrected chi connectivity index (χ2v) is 6.51. The molecule has 1 aliphatic heterocycles. The van der Waals surface area contributed by atoms with E-state index in [1.54, 1.807) is 12.1 Å². The Morgan fingerprint density at radius 1 is 1.19 bits per heavy atom. The summed E-state index contributed by atoms with van der Waals surface area (Å²) in [4.78, 5) is 14.4. The van der Waals surface area contributed by atoms with E-state index in [9.17, 15) is 4.79 Å². The van der Waals surface area contributed by atoms with Crippen LogP contribution < -0.4 is 5.32 Å². The van der Waals surface area contributed by atoms with E-state index in [4.69, 9.17) is 23.2 Å². The summed E-state index contributed by atoms with van der Waals surface area (Å²) in [5, 5.41) is 4.64. The van der Waals surface area contributed by atoms with Crippen molar-refractivity contribution in [3.8, 4) is 0 Å². The quantitative estimate of drug-likeness (QED) is 0.904. The van der Waals surface area contributed by atoms with Crippen LogP contribution in [0.15, 0.2) is 18.2 Å². The Morgan fingerprint density at radius 2 is 1.86 bits per heavy atom. The van der Waals surface area contributed by atoms with Crippen molar-refractivity contribution < 1.29 is 4.79 Å². The van der Waals surface area contributed by atoms with Crippen molar-refractivity contribution in [1.82, 2.24) is 10.2 Å². The fraction of sp³-hybridized carbons (Fsp3) is 0.562. The van der Waals surface area contributed by atoms with Gasteiger partial charge in [-0.25, -0.2) is 0 Å². The lowest BCUT2D eigenvalue weighted by Crippen LogP contribution is -2.47. The van der Waals surface area contributed by atoms with E-state index >= 15 is 0 Å². The van der Waals surface area contributed by atoms with Crippen molar-refractivity contribution in [2.75, 3.05) is 13.1 Å². The van der Waals surface area contributed by atoms with Crippen LogP contribution in [0.25, 0.3) is 0 Å². The zero-order valence-corrected chi connectivity index (χ0v) is 14.0. The number of halogens is 2. The molecule has 2 atom stereocenters. The molecule has 2 rings (SSSR count). The number of hydrogen-bond donors (Lipinski definition) is 1. The maximum absolute atomic E-state index is 12.4. The number of likely N-dealkylation sites (tertiary alicyclic amines) is 1. The highest BCUT2D eigenvalue weighted by molar-refractivity contribution is 6.33. The van der Waals surface area contributed by atoms with Crippen LogP contribution in [0.5, 0.6) is 0 Å². The minimum atomic E-state index is -0.229. The average molecular weight is 329 g/mol. The molecule has 3 nitrogen and oxygen atoms in total. The van der Waals surface area contributed by atoms with Crippen molar-refractivity contribution in [2.24, 2.45) is 0 Å². The average Bonchev–Trinajstić information content (AvgIpc) is 2.49. The summed E-state index contributed by atoms with van der Waals surface area (Å²) in [6, 6.07) is 5.14. The van der Waals surface area contributed by atoms with Gasteiger partial charge >= 0.3 is 0 Å². The topological polar surface area (TPSA) is 32.3 Å². The van der Waals surface area contributed by atoms with E-state index in [-0.39, 0.29) is 18.0 Å². The van der Waals surface area contributed by atoms with Crippen molar-refractivity contribution >= 4 is 29.1 Å². The second-order valence-electron chi connectivity index (χ2n) is 5.66. The molecule has 1 heterocycles. The van der Waals surface area contributed by atoms with Gasteiger partial charge in [0.2, 0.25) is 5.91 Å². The summed E-state index contributed by atoms with van der Waals surface area (Å²) < 4.78 is 0. The molecule has 1 aromatic carbocycles. The number of nitrogens with zero attached hydrogens (tertiary/aromatic N) is 1. The fourth-order valence-corrected chi connectivity index (χ4v) is 3.23. The largest absolute Gasteiger partial charge is 0.341 e. The molecule has 0 aliphatic carbocycles. The van der Waals surface area contributed by atoms with E-state index in [0.29, 0.717) is 10.0 Å². The van der Waals surface area contributed by atoms with Gasteiger partial charge in [-0.05, 0) is 56.9 Å². The van der Waals surface area contributed by atoms with Gasteiger partial charge in [-0.1, -0.05) is 23.2 Å².